The van der Waals surface area contributed by atoms with Gasteiger partial charge in [-0.1, -0.05) is 46.4 Å². The molecule has 0 heterocycles. The number of carbonyl (C=O) groups is 2. The summed E-state index contributed by atoms with van der Waals surface area (Å²) < 4.78 is 0. The highest BCUT2D eigenvalue weighted by atomic mass is 35.5. The average molecular weight is 422 g/mol. The van der Waals surface area contributed by atoms with Gasteiger partial charge in [0.25, 0.3) is 5.91 Å². The van der Waals surface area contributed by atoms with Gasteiger partial charge in [0.1, 0.15) is 0 Å². The van der Waals surface area contributed by atoms with Gasteiger partial charge in [0.15, 0.2) is 0 Å². The Balaban J connectivity index is 2.47. The first-order chi connectivity index (χ1) is 11.6. The van der Waals surface area contributed by atoms with E-state index in [9.17, 15) is 14.7 Å². The lowest BCUT2D eigenvalue weighted by Crippen LogP contribution is -2.18. The molecule has 0 aliphatic rings. The van der Waals surface area contributed by atoms with Crippen LogP contribution in [0.2, 0.25) is 20.1 Å². The van der Waals surface area contributed by atoms with Crippen LogP contribution in [0, 0.1) is 0 Å². The summed E-state index contributed by atoms with van der Waals surface area (Å²) in [6.07, 6.45) is 0. The van der Waals surface area contributed by atoms with Gasteiger partial charge in [0.2, 0.25) is 0 Å². The monoisotopic (exact) mass is 420 g/mol. The van der Waals surface area contributed by atoms with Gasteiger partial charge in [-0.3, -0.25) is 4.79 Å². The van der Waals surface area contributed by atoms with Crippen molar-refractivity contribution in [3.63, 3.8) is 0 Å². The van der Waals surface area contributed by atoms with Crippen LogP contribution < -0.4 is 10.2 Å². The van der Waals surface area contributed by atoms with E-state index in [2.05, 4.69) is 5.32 Å². The summed E-state index contributed by atoms with van der Waals surface area (Å²) in [7, 11) is 3.76. The number of aromatic carboxylic acids is 1. The maximum absolute atomic E-state index is 12.6. The normalized spacial score (nSPS) is 10.5. The second-order valence-electron chi connectivity index (χ2n) is 5.21. The molecule has 0 saturated carbocycles. The number of rotatable bonds is 4. The van der Waals surface area contributed by atoms with Crippen LogP contribution in [0.15, 0.2) is 24.3 Å². The molecule has 0 fully saturated rings. The number of benzene rings is 2. The van der Waals surface area contributed by atoms with Crippen molar-refractivity contribution in [1.29, 1.82) is 0 Å². The maximum Gasteiger partial charge on any atom is 0.338 e. The first-order valence-electron chi connectivity index (χ1n) is 6.83. The van der Waals surface area contributed by atoms with Gasteiger partial charge in [-0.15, -0.1) is 0 Å². The summed E-state index contributed by atoms with van der Waals surface area (Å²) in [6.45, 7) is 0. The minimum Gasteiger partial charge on any atom is -0.478 e. The van der Waals surface area contributed by atoms with Crippen LogP contribution in [-0.4, -0.2) is 31.1 Å². The van der Waals surface area contributed by atoms with E-state index in [-0.39, 0.29) is 25.7 Å². The molecule has 0 bridgehead atoms. The molecule has 0 aliphatic heterocycles. The highest BCUT2D eigenvalue weighted by Crippen LogP contribution is 2.41. The second kappa shape index (κ2) is 7.70. The Morgan fingerprint density at radius 1 is 0.880 bits per heavy atom. The van der Waals surface area contributed by atoms with Gasteiger partial charge in [-0.25, -0.2) is 4.79 Å². The number of carboxylic acid groups (broad SMARTS) is 1. The van der Waals surface area contributed by atoms with E-state index >= 15 is 0 Å². The summed E-state index contributed by atoms with van der Waals surface area (Å²) in [5.41, 5.74) is 0.513. The Labute approximate surface area is 164 Å². The topological polar surface area (TPSA) is 69.6 Å². The predicted molar refractivity (Wildman–Crippen MR) is 102 cm³/mol. The van der Waals surface area contributed by atoms with Crippen LogP contribution >= 0.6 is 46.4 Å². The van der Waals surface area contributed by atoms with Crippen LogP contribution in [0.25, 0.3) is 0 Å². The SMILES string of the molecule is CN(C)c1ccc(NC(=O)c2c(Cl)c(Cl)c(Cl)c(Cl)c2C(=O)O)cc1. The Hall–Kier alpha value is -1.66. The number of nitrogens with one attached hydrogen (secondary N) is 1. The van der Waals surface area contributed by atoms with Crippen molar-refractivity contribution in [2.45, 2.75) is 0 Å². The van der Waals surface area contributed by atoms with Crippen molar-refractivity contribution in [3.8, 4) is 0 Å². The molecule has 132 valence electrons. The third-order valence-corrected chi connectivity index (χ3v) is 5.15. The van der Waals surface area contributed by atoms with Crippen molar-refractivity contribution in [3.05, 3.63) is 55.5 Å². The lowest BCUT2D eigenvalue weighted by Gasteiger charge is -2.15. The number of hydrogen-bond donors (Lipinski definition) is 2. The molecule has 0 aliphatic carbocycles. The highest BCUT2D eigenvalue weighted by Gasteiger charge is 2.28. The van der Waals surface area contributed by atoms with E-state index in [0.29, 0.717) is 5.69 Å². The molecule has 2 rings (SSSR count). The minimum atomic E-state index is -1.45. The number of halogens is 4. The van der Waals surface area contributed by atoms with Gasteiger partial charge in [-0.2, -0.15) is 0 Å². The summed E-state index contributed by atoms with van der Waals surface area (Å²) in [5.74, 6) is -2.21. The zero-order valence-corrected chi connectivity index (χ0v) is 16.1. The minimum absolute atomic E-state index is 0.188. The second-order valence-corrected chi connectivity index (χ2v) is 6.72. The summed E-state index contributed by atoms with van der Waals surface area (Å²) >= 11 is 23.8. The van der Waals surface area contributed by atoms with Gasteiger partial charge in [-0.05, 0) is 24.3 Å². The van der Waals surface area contributed by atoms with Crippen molar-refractivity contribution in [1.82, 2.24) is 0 Å². The summed E-state index contributed by atoms with van der Waals surface area (Å²) in [5, 5.41) is 10.9. The molecular weight excluding hydrogens is 410 g/mol. The molecule has 2 aromatic carbocycles. The van der Waals surface area contributed by atoms with Crippen LogP contribution in [-0.2, 0) is 0 Å². The molecule has 25 heavy (non-hydrogen) atoms. The van der Waals surface area contributed by atoms with Crippen LogP contribution in [0.5, 0.6) is 0 Å². The molecule has 2 aromatic rings. The van der Waals surface area contributed by atoms with Crippen molar-refractivity contribution < 1.29 is 14.7 Å². The van der Waals surface area contributed by atoms with E-state index < -0.39 is 17.4 Å². The van der Waals surface area contributed by atoms with Gasteiger partial charge in [0.05, 0.1) is 31.2 Å². The Morgan fingerprint density at radius 3 is 1.80 bits per heavy atom. The fourth-order valence-electron chi connectivity index (χ4n) is 2.08. The molecule has 1 amide bonds. The van der Waals surface area contributed by atoms with Crippen LogP contribution in [0.1, 0.15) is 20.7 Å². The molecule has 0 unspecified atom stereocenters. The van der Waals surface area contributed by atoms with Crippen LogP contribution in [0.3, 0.4) is 0 Å². The maximum atomic E-state index is 12.6. The Kier molecular flexibility index (Phi) is 6.06. The number of carboxylic acids is 1. The van der Waals surface area contributed by atoms with E-state index in [1.165, 1.54) is 0 Å². The number of anilines is 2. The number of amides is 1. The first kappa shape index (κ1) is 19.7. The fourth-order valence-corrected chi connectivity index (χ4v) is 3.10. The number of carbonyl (C=O) groups excluding carboxylic acids is 1. The standard InChI is InChI=1S/C16H12Cl4N2O3/c1-22(2)8-5-3-7(4-6-8)21-15(23)9-10(16(24)25)12(18)14(20)13(19)11(9)17/h3-6H,1-2H3,(H,21,23)(H,24,25). The molecule has 9 heteroatoms. The Morgan fingerprint density at radius 2 is 1.36 bits per heavy atom. The van der Waals surface area contributed by atoms with E-state index in [1.807, 2.05) is 19.0 Å². The summed E-state index contributed by atoms with van der Waals surface area (Å²) in [4.78, 5) is 26.0. The Bertz CT molecular complexity index is 852. The van der Waals surface area contributed by atoms with E-state index in [1.54, 1.807) is 24.3 Å². The van der Waals surface area contributed by atoms with Gasteiger partial charge < -0.3 is 15.3 Å². The van der Waals surface area contributed by atoms with E-state index in [0.717, 1.165) is 5.69 Å². The molecular formula is C16H12Cl4N2O3. The quantitative estimate of drug-likeness (QED) is 0.517. The van der Waals surface area contributed by atoms with Crippen molar-refractivity contribution >= 4 is 69.7 Å². The zero-order chi connectivity index (χ0) is 18.9. The van der Waals surface area contributed by atoms with Crippen molar-refractivity contribution in [2.75, 3.05) is 24.3 Å². The predicted octanol–water partition coefficient (Wildman–Crippen LogP) is 5.32. The van der Waals surface area contributed by atoms with Gasteiger partial charge >= 0.3 is 5.97 Å². The van der Waals surface area contributed by atoms with E-state index in [4.69, 9.17) is 46.4 Å². The third kappa shape index (κ3) is 3.96. The molecule has 2 N–H and O–H groups in total. The average Bonchev–Trinajstić information content (AvgIpc) is 2.55. The molecule has 0 spiro atoms. The lowest BCUT2D eigenvalue weighted by atomic mass is 10.1. The molecule has 0 atom stereocenters. The molecule has 0 aromatic heterocycles. The number of hydrogen-bond acceptors (Lipinski definition) is 3. The number of nitrogens with zero attached hydrogens (tertiary/aromatic N) is 1. The molecule has 5 nitrogen and oxygen atoms in total. The third-order valence-electron chi connectivity index (χ3n) is 3.35. The van der Waals surface area contributed by atoms with Gasteiger partial charge in [0, 0.05) is 25.5 Å². The largest absolute Gasteiger partial charge is 0.478 e. The highest BCUT2D eigenvalue weighted by molar-refractivity contribution is 6.54. The zero-order valence-electron chi connectivity index (χ0n) is 13.0. The van der Waals surface area contributed by atoms with Crippen LogP contribution in [0.4, 0.5) is 11.4 Å². The first-order valence-corrected chi connectivity index (χ1v) is 8.34. The van der Waals surface area contributed by atoms with Crippen molar-refractivity contribution in [2.24, 2.45) is 0 Å². The lowest BCUT2D eigenvalue weighted by molar-refractivity contribution is 0.0692. The summed E-state index contributed by atoms with van der Waals surface area (Å²) in [6, 6.07) is 6.91. The molecule has 0 radical (unpaired) electrons. The molecule has 0 saturated heterocycles. The smallest absolute Gasteiger partial charge is 0.338 e. The fraction of sp³-hybridized carbons (Fsp3) is 0.125.